The quantitative estimate of drug-likeness (QED) is 0.427. The maximum atomic E-state index is 13.7. The molecule has 0 N–H and O–H groups in total. The van der Waals surface area contributed by atoms with Gasteiger partial charge in [0, 0.05) is 63.6 Å². The zero-order chi connectivity index (χ0) is 28.9. The number of benzene rings is 3. The summed E-state index contributed by atoms with van der Waals surface area (Å²) in [6.45, 7) is 4.01. The van der Waals surface area contributed by atoms with Crippen molar-refractivity contribution in [2.45, 2.75) is 38.1 Å². The summed E-state index contributed by atoms with van der Waals surface area (Å²) in [5.41, 5.74) is 4.02. The van der Waals surface area contributed by atoms with E-state index in [0.29, 0.717) is 56.8 Å². The minimum absolute atomic E-state index is 0.0259. The van der Waals surface area contributed by atoms with Gasteiger partial charge in [0.25, 0.3) is 5.91 Å². The van der Waals surface area contributed by atoms with Crippen LogP contribution in [0.25, 0.3) is 11.1 Å². The van der Waals surface area contributed by atoms with Crippen LogP contribution >= 0.6 is 0 Å². The van der Waals surface area contributed by atoms with Crippen LogP contribution in [0.4, 0.5) is 0 Å². The summed E-state index contributed by atoms with van der Waals surface area (Å²) in [5, 5.41) is 0. The first-order valence-electron chi connectivity index (χ1n) is 14.5. The maximum absolute atomic E-state index is 13.7. The molecule has 2 heterocycles. The third-order valence-electron chi connectivity index (χ3n) is 8.78. The SMILES string of the molecule is COc1ccc(C(=O)N(C)C2CCN(C(=O)C3CCN(C(C)=O)CC3)CC2c2ccc(-c3ccccc3)cc2)cc1. The van der Waals surface area contributed by atoms with E-state index in [9.17, 15) is 14.4 Å². The van der Waals surface area contributed by atoms with Crippen LogP contribution in [0, 0.1) is 5.92 Å². The van der Waals surface area contributed by atoms with Crippen molar-refractivity contribution in [3.05, 3.63) is 90.0 Å². The molecule has 214 valence electrons. The number of piperidine rings is 2. The van der Waals surface area contributed by atoms with Gasteiger partial charge in [0.05, 0.1) is 7.11 Å². The lowest BCUT2D eigenvalue weighted by molar-refractivity contribution is -0.141. The van der Waals surface area contributed by atoms with Gasteiger partial charge >= 0.3 is 0 Å². The highest BCUT2D eigenvalue weighted by Gasteiger charge is 2.39. The van der Waals surface area contributed by atoms with E-state index in [1.54, 1.807) is 38.3 Å². The maximum Gasteiger partial charge on any atom is 0.253 e. The van der Waals surface area contributed by atoms with E-state index in [1.165, 1.54) is 0 Å². The van der Waals surface area contributed by atoms with Crippen molar-refractivity contribution in [3.63, 3.8) is 0 Å². The summed E-state index contributed by atoms with van der Waals surface area (Å²) >= 11 is 0. The van der Waals surface area contributed by atoms with Crippen LogP contribution in [0.1, 0.15) is 48.0 Å². The fourth-order valence-electron chi connectivity index (χ4n) is 6.27. The van der Waals surface area contributed by atoms with Gasteiger partial charge in [-0.25, -0.2) is 0 Å². The highest BCUT2D eigenvalue weighted by Crippen LogP contribution is 2.34. The first kappa shape index (κ1) is 28.4. The van der Waals surface area contributed by atoms with Crippen molar-refractivity contribution < 1.29 is 19.1 Å². The number of likely N-dealkylation sites (tertiary alicyclic amines) is 2. The second-order valence-corrected chi connectivity index (χ2v) is 11.2. The predicted molar refractivity (Wildman–Crippen MR) is 160 cm³/mol. The number of carbonyl (C=O) groups excluding carboxylic acids is 3. The Morgan fingerprint density at radius 2 is 1.39 bits per heavy atom. The van der Waals surface area contributed by atoms with Crippen LogP contribution < -0.4 is 4.74 Å². The average molecular weight is 554 g/mol. The predicted octanol–water partition coefficient (Wildman–Crippen LogP) is 5.08. The van der Waals surface area contributed by atoms with Gasteiger partial charge in [-0.05, 0) is 60.2 Å². The Hall–Kier alpha value is -4.13. The Labute approximate surface area is 242 Å². The zero-order valence-corrected chi connectivity index (χ0v) is 24.2. The number of rotatable bonds is 6. The molecule has 0 spiro atoms. The van der Waals surface area contributed by atoms with Crippen LogP contribution in [0.3, 0.4) is 0 Å². The molecule has 2 unspecified atom stereocenters. The number of likely N-dealkylation sites (N-methyl/N-ethyl adjacent to an activating group) is 1. The fourth-order valence-corrected chi connectivity index (χ4v) is 6.27. The van der Waals surface area contributed by atoms with Gasteiger partial charge in [-0.2, -0.15) is 0 Å². The fraction of sp³-hybridized carbons (Fsp3) is 0.382. The lowest BCUT2D eigenvalue weighted by Gasteiger charge is -2.44. The third-order valence-corrected chi connectivity index (χ3v) is 8.78. The number of ether oxygens (including phenoxy) is 1. The summed E-state index contributed by atoms with van der Waals surface area (Å²) in [4.78, 5) is 44.7. The van der Waals surface area contributed by atoms with E-state index in [2.05, 4.69) is 36.4 Å². The number of carbonyl (C=O) groups is 3. The Morgan fingerprint density at radius 1 is 0.780 bits per heavy atom. The molecule has 0 radical (unpaired) electrons. The molecule has 3 aromatic rings. The largest absolute Gasteiger partial charge is 0.497 e. The molecule has 41 heavy (non-hydrogen) atoms. The average Bonchev–Trinajstić information content (AvgIpc) is 3.04. The Bertz CT molecular complexity index is 1350. The lowest BCUT2D eigenvalue weighted by atomic mass is 9.83. The molecule has 2 atom stereocenters. The summed E-state index contributed by atoms with van der Waals surface area (Å²) in [6.07, 6.45) is 2.09. The normalized spacial score (nSPS) is 19.5. The van der Waals surface area contributed by atoms with Crippen LogP contribution in [-0.4, -0.2) is 78.8 Å². The van der Waals surface area contributed by atoms with Crippen LogP contribution in [0.15, 0.2) is 78.9 Å². The minimum Gasteiger partial charge on any atom is -0.497 e. The molecule has 2 fully saturated rings. The molecule has 3 amide bonds. The number of nitrogens with zero attached hydrogens (tertiary/aromatic N) is 3. The number of hydrogen-bond donors (Lipinski definition) is 0. The Kier molecular flexibility index (Phi) is 8.72. The zero-order valence-electron chi connectivity index (χ0n) is 24.2. The van der Waals surface area contributed by atoms with E-state index < -0.39 is 0 Å². The second kappa shape index (κ2) is 12.6. The Balaban J connectivity index is 1.37. The molecule has 3 aromatic carbocycles. The van der Waals surface area contributed by atoms with E-state index in [4.69, 9.17) is 4.74 Å². The molecule has 2 aliphatic rings. The van der Waals surface area contributed by atoms with Crippen molar-refractivity contribution in [1.29, 1.82) is 0 Å². The monoisotopic (exact) mass is 553 g/mol. The molecule has 0 aliphatic carbocycles. The van der Waals surface area contributed by atoms with E-state index >= 15 is 0 Å². The number of amides is 3. The lowest BCUT2D eigenvalue weighted by Crippen LogP contribution is -2.53. The number of methoxy groups -OCH3 is 1. The molecule has 5 rings (SSSR count). The van der Waals surface area contributed by atoms with Crippen LogP contribution in [-0.2, 0) is 9.59 Å². The summed E-state index contributed by atoms with van der Waals surface area (Å²) in [7, 11) is 3.48. The topological polar surface area (TPSA) is 70.2 Å². The van der Waals surface area contributed by atoms with Gasteiger partial charge in [-0.1, -0.05) is 54.6 Å². The minimum atomic E-state index is -0.0677. The molecule has 7 heteroatoms. The molecular weight excluding hydrogens is 514 g/mol. The molecule has 0 saturated carbocycles. The first-order chi connectivity index (χ1) is 19.9. The molecule has 0 aromatic heterocycles. The third kappa shape index (κ3) is 6.29. The van der Waals surface area contributed by atoms with Gasteiger partial charge in [0.2, 0.25) is 11.8 Å². The van der Waals surface area contributed by atoms with Crippen molar-refractivity contribution in [3.8, 4) is 16.9 Å². The van der Waals surface area contributed by atoms with E-state index in [-0.39, 0.29) is 35.6 Å². The highest BCUT2D eigenvalue weighted by atomic mass is 16.5. The van der Waals surface area contributed by atoms with E-state index in [0.717, 1.165) is 16.7 Å². The Morgan fingerprint density at radius 3 is 2.00 bits per heavy atom. The first-order valence-corrected chi connectivity index (χ1v) is 14.5. The standard InChI is InChI=1S/C34H39N3O4/c1-24(38)36-20-17-29(18-21-36)34(40)37-22-19-32(35(2)33(39)28-13-15-30(41-3)16-14-28)31(23-37)27-11-9-26(10-12-27)25-7-5-4-6-8-25/h4-16,29,31-32H,17-23H2,1-3H3. The van der Waals surface area contributed by atoms with Crippen molar-refractivity contribution in [1.82, 2.24) is 14.7 Å². The highest BCUT2D eigenvalue weighted by molar-refractivity contribution is 5.94. The molecule has 2 saturated heterocycles. The molecule has 0 bridgehead atoms. The molecular formula is C34H39N3O4. The summed E-state index contributed by atoms with van der Waals surface area (Å²) in [6, 6.07) is 26.0. The summed E-state index contributed by atoms with van der Waals surface area (Å²) < 4.78 is 5.26. The number of hydrogen-bond acceptors (Lipinski definition) is 4. The second-order valence-electron chi connectivity index (χ2n) is 11.2. The van der Waals surface area contributed by atoms with E-state index in [1.807, 2.05) is 39.9 Å². The van der Waals surface area contributed by atoms with Gasteiger partial charge in [0.1, 0.15) is 5.75 Å². The molecule has 7 nitrogen and oxygen atoms in total. The molecule has 2 aliphatic heterocycles. The smallest absolute Gasteiger partial charge is 0.253 e. The van der Waals surface area contributed by atoms with Gasteiger partial charge < -0.3 is 19.4 Å². The van der Waals surface area contributed by atoms with Crippen LogP contribution in [0.5, 0.6) is 5.75 Å². The van der Waals surface area contributed by atoms with Crippen molar-refractivity contribution in [2.24, 2.45) is 5.92 Å². The van der Waals surface area contributed by atoms with Gasteiger partial charge in [-0.3, -0.25) is 14.4 Å². The van der Waals surface area contributed by atoms with Gasteiger partial charge in [-0.15, -0.1) is 0 Å². The van der Waals surface area contributed by atoms with Gasteiger partial charge in [0.15, 0.2) is 0 Å². The van der Waals surface area contributed by atoms with Crippen molar-refractivity contribution in [2.75, 3.05) is 40.3 Å². The summed E-state index contributed by atoms with van der Waals surface area (Å²) in [5.74, 6) is 0.812. The van der Waals surface area contributed by atoms with Crippen molar-refractivity contribution >= 4 is 17.7 Å². The van der Waals surface area contributed by atoms with Crippen LogP contribution in [0.2, 0.25) is 0 Å².